The lowest BCUT2D eigenvalue weighted by Crippen LogP contribution is -2.62. The molecule has 1 saturated carbocycles. The van der Waals surface area contributed by atoms with Crippen LogP contribution < -0.4 is 10.1 Å². The van der Waals surface area contributed by atoms with E-state index < -0.39 is 6.10 Å². The highest BCUT2D eigenvalue weighted by molar-refractivity contribution is 6.31. The molecular weight excluding hydrogens is 409 g/mol. The summed E-state index contributed by atoms with van der Waals surface area (Å²) in [6.07, 6.45) is 5.61. The van der Waals surface area contributed by atoms with Crippen LogP contribution in [-0.2, 0) is 4.79 Å². The standard InChI is InChI=1S/C22H34ClN3O2.ClH/c1-17-15-19(7-8-20(17)23)28-18(2)21(27)24-16-22(9-5-4-6-10-22)26-13-11-25(3)12-14-26;/h7-8,15,18H,4-6,9-14,16H2,1-3H3,(H,24,27);1H. The Morgan fingerprint density at radius 3 is 2.48 bits per heavy atom. The molecule has 1 aliphatic carbocycles. The van der Waals surface area contributed by atoms with Gasteiger partial charge < -0.3 is 15.0 Å². The van der Waals surface area contributed by atoms with Crippen LogP contribution in [-0.4, -0.2) is 67.1 Å². The minimum absolute atomic E-state index is 0. The summed E-state index contributed by atoms with van der Waals surface area (Å²) < 4.78 is 5.85. The van der Waals surface area contributed by atoms with E-state index in [1.165, 1.54) is 32.1 Å². The van der Waals surface area contributed by atoms with E-state index >= 15 is 0 Å². The van der Waals surface area contributed by atoms with Gasteiger partial charge in [0.2, 0.25) is 0 Å². The first-order valence-electron chi connectivity index (χ1n) is 10.5. The molecule has 1 atom stereocenters. The van der Waals surface area contributed by atoms with Crippen molar-refractivity contribution in [1.29, 1.82) is 0 Å². The number of hydrogen-bond donors (Lipinski definition) is 1. The first-order valence-corrected chi connectivity index (χ1v) is 10.9. The zero-order valence-corrected chi connectivity index (χ0v) is 19.5. The van der Waals surface area contributed by atoms with Crippen LogP contribution in [0.1, 0.15) is 44.6 Å². The number of nitrogens with zero attached hydrogens (tertiary/aromatic N) is 2. The smallest absolute Gasteiger partial charge is 0.260 e. The maximum Gasteiger partial charge on any atom is 0.260 e. The second-order valence-corrected chi connectivity index (χ2v) is 8.87. The average molecular weight is 444 g/mol. The van der Waals surface area contributed by atoms with Gasteiger partial charge in [-0.3, -0.25) is 9.69 Å². The molecule has 0 aromatic heterocycles. The molecule has 1 aliphatic heterocycles. The van der Waals surface area contributed by atoms with Crippen molar-refractivity contribution < 1.29 is 9.53 Å². The summed E-state index contributed by atoms with van der Waals surface area (Å²) in [6.45, 7) is 8.83. The number of likely N-dealkylation sites (N-methyl/N-ethyl adjacent to an activating group) is 1. The molecule has 1 amide bonds. The van der Waals surface area contributed by atoms with Crippen LogP contribution in [0.2, 0.25) is 5.02 Å². The quantitative estimate of drug-likeness (QED) is 0.723. The number of rotatable bonds is 6. The van der Waals surface area contributed by atoms with Gasteiger partial charge in [-0.15, -0.1) is 12.4 Å². The van der Waals surface area contributed by atoms with Crippen LogP contribution in [0.3, 0.4) is 0 Å². The van der Waals surface area contributed by atoms with Gasteiger partial charge in [-0.25, -0.2) is 0 Å². The minimum atomic E-state index is -0.534. The Balaban J connectivity index is 0.00000300. The zero-order chi connectivity index (χ0) is 20.1. The van der Waals surface area contributed by atoms with E-state index in [0.717, 1.165) is 31.7 Å². The molecule has 1 unspecified atom stereocenters. The highest BCUT2D eigenvalue weighted by Crippen LogP contribution is 2.34. The van der Waals surface area contributed by atoms with E-state index in [1.807, 2.05) is 26.0 Å². The van der Waals surface area contributed by atoms with E-state index in [2.05, 4.69) is 22.2 Å². The highest BCUT2D eigenvalue weighted by Gasteiger charge is 2.39. The topological polar surface area (TPSA) is 44.8 Å². The van der Waals surface area contributed by atoms with Crippen molar-refractivity contribution in [3.8, 4) is 5.75 Å². The van der Waals surface area contributed by atoms with Gasteiger partial charge in [0.1, 0.15) is 5.75 Å². The third-order valence-corrected chi connectivity index (χ3v) is 6.79. The van der Waals surface area contributed by atoms with Crippen molar-refractivity contribution in [2.45, 2.75) is 57.6 Å². The molecule has 1 aromatic rings. The number of amides is 1. The van der Waals surface area contributed by atoms with Crippen molar-refractivity contribution in [2.75, 3.05) is 39.8 Å². The number of piperazine rings is 1. The summed E-state index contributed by atoms with van der Waals surface area (Å²) in [5.41, 5.74) is 1.05. The van der Waals surface area contributed by atoms with Crippen LogP contribution in [0.5, 0.6) is 5.75 Å². The number of hydrogen-bond acceptors (Lipinski definition) is 4. The minimum Gasteiger partial charge on any atom is -0.481 e. The number of nitrogens with one attached hydrogen (secondary N) is 1. The van der Waals surface area contributed by atoms with Gasteiger partial charge in [0.05, 0.1) is 0 Å². The number of carbonyl (C=O) groups is 1. The Kier molecular flexibility index (Phi) is 9.08. The van der Waals surface area contributed by atoms with Crippen molar-refractivity contribution >= 4 is 29.9 Å². The van der Waals surface area contributed by atoms with Crippen LogP contribution in [0, 0.1) is 6.92 Å². The summed E-state index contributed by atoms with van der Waals surface area (Å²) >= 11 is 6.07. The summed E-state index contributed by atoms with van der Waals surface area (Å²) in [6, 6.07) is 5.49. The normalized spacial score (nSPS) is 21.1. The molecule has 2 fully saturated rings. The largest absolute Gasteiger partial charge is 0.481 e. The maximum atomic E-state index is 12.7. The van der Waals surface area contributed by atoms with Gasteiger partial charge in [-0.1, -0.05) is 30.9 Å². The summed E-state index contributed by atoms with van der Waals surface area (Å²) in [5.74, 6) is 0.627. The van der Waals surface area contributed by atoms with Crippen molar-refractivity contribution in [3.05, 3.63) is 28.8 Å². The van der Waals surface area contributed by atoms with Crippen molar-refractivity contribution in [3.63, 3.8) is 0 Å². The van der Waals surface area contributed by atoms with Gasteiger partial charge in [0.25, 0.3) is 5.91 Å². The van der Waals surface area contributed by atoms with E-state index in [0.29, 0.717) is 17.3 Å². The number of halogens is 2. The number of benzene rings is 1. The first kappa shape index (κ1) is 24.3. The molecule has 0 radical (unpaired) electrons. The molecule has 0 spiro atoms. The fourth-order valence-corrected chi connectivity index (χ4v) is 4.56. The maximum absolute atomic E-state index is 12.7. The zero-order valence-electron chi connectivity index (χ0n) is 17.9. The third-order valence-electron chi connectivity index (χ3n) is 6.36. The first-order chi connectivity index (χ1) is 13.4. The summed E-state index contributed by atoms with van der Waals surface area (Å²) in [4.78, 5) is 17.7. The molecule has 1 saturated heterocycles. The van der Waals surface area contributed by atoms with E-state index in [9.17, 15) is 4.79 Å². The van der Waals surface area contributed by atoms with Gasteiger partial charge in [-0.05, 0) is 57.5 Å². The fourth-order valence-electron chi connectivity index (χ4n) is 4.44. The molecular formula is C22H35Cl2N3O2. The highest BCUT2D eigenvalue weighted by atomic mass is 35.5. The Bertz CT molecular complexity index is 672. The summed E-state index contributed by atoms with van der Waals surface area (Å²) in [7, 11) is 2.18. The number of ether oxygens (including phenoxy) is 1. The van der Waals surface area contributed by atoms with Gasteiger partial charge in [0.15, 0.2) is 6.10 Å². The van der Waals surface area contributed by atoms with Crippen LogP contribution in [0.25, 0.3) is 0 Å². The second-order valence-electron chi connectivity index (χ2n) is 8.46. The molecule has 7 heteroatoms. The Morgan fingerprint density at radius 2 is 1.86 bits per heavy atom. The van der Waals surface area contributed by atoms with E-state index in [4.69, 9.17) is 16.3 Å². The SMILES string of the molecule is Cc1cc(OC(C)C(=O)NCC2(N3CCN(C)CC3)CCCCC2)ccc1Cl.Cl. The number of aryl methyl sites for hydroxylation is 1. The fraction of sp³-hybridized carbons (Fsp3) is 0.682. The van der Waals surface area contributed by atoms with Crippen molar-refractivity contribution in [1.82, 2.24) is 15.1 Å². The lowest BCUT2D eigenvalue weighted by molar-refractivity contribution is -0.128. The lowest BCUT2D eigenvalue weighted by atomic mass is 9.79. The number of carbonyl (C=O) groups excluding carboxylic acids is 1. The Morgan fingerprint density at radius 1 is 1.21 bits per heavy atom. The average Bonchev–Trinajstić information content (AvgIpc) is 2.70. The Labute approximate surface area is 186 Å². The molecule has 3 rings (SSSR count). The Hall–Kier alpha value is -1.01. The van der Waals surface area contributed by atoms with Crippen LogP contribution >= 0.6 is 24.0 Å². The molecule has 2 aliphatic rings. The monoisotopic (exact) mass is 443 g/mol. The van der Waals surface area contributed by atoms with E-state index in [-0.39, 0.29) is 23.9 Å². The van der Waals surface area contributed by atoms with E-state index in [1.54, 1.807) is 6.07 Å². The molecule has 29 heavy (non-hydrogen) atoms. The van der Waals surface area contributed by atoms with Crippen LogP contribution in [0.4, 0.5) is 0 Å². The molecule has 164 valence electrons. The van der Waals surface area contributed by atoms with Gasteiger partial charge in [0, 0.05) is 43.3 Å². The summed E-state index contributed by atoms with van der Waals surface area (Å²) in [5, 5.41) is 3.91. The van der Waals surface area contributed by atoms with Gasteiger partial charge >= 0.3 is 0 Å². The molecule has 1 heterocycles. The predicted octanol–water partition coefficient (Wildman–Crippen LogP) is 3.90. The predicted molar refractivity (Wildman–Crippen MR) is 121 cm³/mol. The van der Waals surface area contributed by atoms with Crippen LogP contribution in [0.15, 0.2) is 18.2 Å². The third kappa shape index (κ3) is 6.24. The lowest BCUT2D eigenvalue weighted by Gasteiger charge is -2.49. The molecule has 1 aromatic carbocycles. The molecule has 0 bridgehead atoms. The van der Waals surface area contributed by atoms with Gasteiger partial charge in [-0.2, -0.15) is 0 Å². The second kappa shape index (κ2) is 10.9. The molecule has 1 N–H and O–H groups in total. The molecule has 5 nitrogen and oxygen atoms in total. The van der Waals surface area contributed by atoms with Crippen molar-refractivity contribution in [2.24, 2.45) is 0 Å².